The molecule has 10 heteroatoms. The highest BCUT2D eigenvalue weighted by molar-refractivity contribution is 5.80. The molecule has 5 atom stereocenters. The second-order valence-electron chi connectivity index (χ2n) is 40.0. The molecule has 0 N–H and O–H groups in total. The highest BCUT2D eigenvalue weighted by Crippen LogP contribution is 2.66. The summed E-state index contributed by atoms with van der Waals surface area (Å²) in [7, 11) is 0. The number of rotatable bonds is 13. The van der Waals surface area contributed by atoms with Gasteiger partial charge in [-0.2, -0.15) is 0 Å². The van der Waals surface area contributed by atoms with Gasteiger partial charge in [-0.15, -0.1) is 0 Å². The Bertz CT molecular complexity index is 5110. The van der Waals surface area contributed by atoms with Crippen LogP contribution in [0.5, 0.6) is 0 Å². The molecular formula is C119H182N10. The third-order valence-electron chi connectivity index (χ3n) is 32.8. The molecule has 0 amide bonds. The van der Waals surface area contributed by atoms with Gasteiger partial charge in [0.25, 0.3) is 0 Å². The molecule has 0 spiro atoms. The number of anilines is 6. The van der Waals surface area contributed by atoms with Gasteiger partial charge in [-0.25, -0.2) is 0 Å². The zero-order valence-corrected chi connectivity index (χ0v) is 78.5. The molecule has 14 aliphatic rings. The third kappa shape index (κ3) is 19.7. The lowest BCUT2D eigenvalue weighted by Crippen LogP contribution is -2.45. The van der Waals surface area contributed by atoms with Gasteiger partial charge in [0, 0.05) is 143 Å². The van der Waals surface area contributed by atoms with E-state index in [2.05, 4.69) is 214 Å². The van der Waals surface area contributed by atoms with Crippen molar-refractivity contribution < 1.29 is 16.4 Å². The van der Waals surface area contributed by atoms with Crippen molar-refractivity contribution in [2.24, 2.45) is 23.7 Å². The fraction of sp³-hybridized carbons (Fsp3) is 0.613. The minimum atomic E-state index is -2.06. The Morgan fingerprint density at radius 1 is 0.233 bits per heavy atom. The first-order valence-corrected chi connectivity index (χ1v) is 49.8. The molecule has 0 radical (unpaired) electrons. The molecule has 8 fully saturated rings. The highest BCUT2D eigenvalue weighted by atomic mass is 15.5. The van der Waals surface area contributed by atoms with Crippen molar-refractivity contribution in [2.75, 3.05) is 29.4 Å². The maximum absolute atomic E-state index is 8.55. The number of para-hydroxylation sites is 6. The normalized spacial score (nSPS) is 26.1. The second-order valence-corrected chi connectivity index (χ2v) is 40.0. The number of hydrogen-bond acceptors (Lipinski definition) is 10. The predicted octanol–water partition coefficient (Wildman–Crippen LogP) is 33.6. The maximum atomic E-state index is 8.55. The van der Waals surface area contributed by atoms with Crippen LogP contribution in [0.4, 0.5) is 34.1 Å². The molecular weight excluding hydrogens is 1570 g/mol. The molecule has 6 aromatic carbocycles. The van der Waals surface area contributed by atoms with Crippen LogP contribution in [0, 0.1) is 58.3 Å². The minimum absolute atomic E-state index is 0. The largest absolute Gasteiger partial charge is 0.350 e. The molecule has 0 saturated heterocycles. The molecule has 10 nitrogen and oxygen atoms in total. The number of hydrogen-bond donors (Lipinski definition) is 0. The van der Waals surface area contributed by atoms with E-state index in [1.807, 2.05) is 70.5 Å². The van der Waals surface area contributed by atoms with Crippen LogP contribution >= 0.6 is 0 Å². The van der Waals surface area contributed by atoms with Crippen molar-refractivity contribution in [3.05, 3.63) is 236 Å². The first-order chi connectivity index (χ1) is 65.1. The summed E-state index contributed by atoms with van der Waals surface area (Å²) in [5, 5.41) is 0. The van der Waals surface area contributed by atoms with Crippen molar-refractivity contribution in [1.29, 1.82) is 0 Å². The number of aryl methyl sites for hydroxylation is 5. The first kappa shape index (κ1) is 85.2. The number of nitrogens with zero attached hydrogens (tertiary/aromatic N) is 10. The fourth-order valence-electron chi connectivity index (χ4n) is 26.5. The summed E-state index contributed by atoms with van der Waals surface area (Å²) >= 11 is 0. The Labute approximate surface area is 807 Å². The molecule has 708 valence electrons. The molecule has 129 heavy (non-hydrogen) atoms. The van der Waals surface area contributed by atoms with Crippen molar-refractivity contribution in [2.45, 2.75) is 453 Å². The van der Waals surface area contributed by atoms with Crippen LogP contribution in [-0.4, -0.2) is 74.6 Å². The van der Waals surface area contributed by atoms with Gasteiger partial charge in [-0.1, -0.05) is 281 Å². The van der Waals surface area contributed by atoms with Crippen LogP contribution in [0.15, 0.2) is 203 Å². The van der Waals surface area contributed by atoms with Gasteiger partial charge >= 0.3 is 0 Å². The van der Waals surface area contributed by atoms with Crippen molar-refractivity contribution >= 4 is 34.1 Å². The minimum Gasteiger partial charge on any atom is -0.350 e. The van der Waals surface area contributed by atoms with Gasteiger partial charge < -0.3 is 49.0 Å². The zero-order valence-electron chi connectivity index (χ0n) is 90.5. The summed E-state index contributed by atoms with van der Waals surface area (Å²) < 4.78 is 101. The smallest absolute Gasteiger partial charge is 0.108 e. The van der Waals surface area contributed by atoms with Crippen molar-refractivity contribution in [1.82, 2.24) is 19.6 Å². The summed E-state index contributed by atoms with van der Waals surface area (Å²) in [6, 6.07) is 52.5. The summed E-state index contributed by atoms with van der Waals surface area (Å²) in [5.74, 6) is 2.59. The maximum Gasteiger partial charge on any atom is 0.108 e. The molecule has 6 aliphatic heterocycles. The van der Waals surface area contributed by atoms with Gasteiger partial charge in [0.15, 0.2) is 0 Å². The molecule has 8 aliphatic carbocycles. The molecule has 0 bridgehead atoms. The quantitative estimate of drug-likeness (QED) is 0.112. The van der Waals surface area contributed by atoms with E-state index in [-0.39, 0.29) is 42.5 Å². The Morgan fingerprint density at radius 3 is 0.760 bits per heavy atom. The predicted molar refractivity (Wildman–Crippen MR) is 562 cm³/mol. The van der Waals surface area contributed by atoms with Gasteiger partial charge in [0.1, 0.15) is 30.8 Å². The molecule has 8 saturated carbocycles. The standard InChI is InChI=1S/C29H36N2.C24H36N2.C23H34N2.2C19H28N2.5CH4/c1-20-12-4-10-18-26(20)30-21(2)28-29(23-13-5-6-14-23,24-15-7-8-16-24)25-17-9-11-19-27(25)31(28)22(30)3;1-18-12-10-11-17-23(18)25-19(2)24(21-13-6-4-7-14-21)26(20(25)3)22-15-8-5-9-16-22;1-17-11-7-10-16-22(17)24-18(2)23(20-12-8-9-13-20)25(19(24)3)21-14-5-4-6-15-21;2*1-14-10-8-9-13-19(14)21-16(3)15(2)20(17(21)4)18-11-6-5-7-12-18;;;;;/h4,9-12,17-19,22-24H,5-8,13-16H2,1-3H3;10-12,17,20-22H,4-9,13-16H2,1-3H3;7,10-11,16,19-21H,4-6,8-9,12-15H2,1-3H3;2*8-10,13,17-18H,5-7,11-12H2,1-4H3;5*1H4/i;2*3D3;2*4D3;;;;;. The van der Waals surface area contributed by atoms with Gasteiger partial charge in [-0.05, 0) is 302 Å². The zero-order chi connectivity index (χ0) is 96.6. The number of benzene rings is 6. The summed E-state index contributed by atoms with van der Waals surface area (Å²) in [4.78, 5) is 23.0. The van der Waals surface area contributed by atoms with E-state index in [1.165, 1.54) is 232 Å². The van der Waals surface area contributed by atoms with Crippen molar-refractivity contribution in [3.63, 3.8) is 0 Å². The van der Waals surface area contributed by atoms with Crippen LogP contribution in [0.25, 0.3) is 0 Å². The highest BCUT2D eigenvalue weighted by Gasteiger charge is 2.61. The summed E-state index contributed by atoms with van der Waals surface area (Å²) in [6.45, 7) is 19.8. The molecule has 6 heterocycles. The molecule has 6 aromatic rings. The topological polar surface area (TPSA) is 32.4 Å². The van der Waals surface area contributed by atoms with Crippen molar-refractivity contribution in [3.8, 4) is 0 Å². The van der Waals surface area contributed by atoms with E-state index in [1.54, 1.807) is 11.3 Å². The van der Waals surface area contributed by atoms with Gasteiger partial charge in [0.2, 0.25) is 0 Å². The van der Waals surface area contributed by atoms with E-state index in [0.717, 1.165) is 131 Å². The molecule has 20 rings (SSSR count). The SMILES string of the molecule is C.C.C.C.C.CC1=C2N(c3ccccc3C2(C2CCCC2)C2CCCC2)C(C)N1c1ccccc1C.[2H]C([2H])([2H])C1N(c2ccccc2C)C(C)=C(C)N1C1CCCCC1.[2H]C([2H])([2H])C1N(c2ccccc2C)C(C)=C(C)N1C1CCCCC1.[2H]C([2H])([2H])C1N(c2ccccc2C)C(C)=C(C2CCCC2)N1C1CCCCC1.[2H]C([2H])([2H])C1N(c2ccccc2C)C(C)=C(C2CCCCC2)N1C1CCCCC1. The van der Waals surface area contributed by atoms with Crippen LogP contribution in [0.1, 0.15) is 407 Å². The average molecular weight is 1760 g/mol. The Kier molecular flexibility index (Phi) is 29.8. The number of fused-ring (bicyclic) bond motifs is 3. The Balaban J connectivity index is 0.000000168. The van der Waals surface area contributed by atoms with E-state index in [9.17, 15) is 0 Å². The van der Waals surface area contributed by atoms with Crippen LogP contribution < -0.4 is 29.4 Å². The summed E-state index contributed by atoms with van der Waals surface area (Å²) in [5.41, 5.74) is 27.3. The molecule has 0 aromatic heterocycles. The lowest BCUT2D eigenvalue weighted by molar-refractivity contribution is 0.147. The van der Waals surface area contributed by atoms with Crippen LogP contribution in [-0.2, 0) is 5.41 Å². The van der Waals surface area contributed by atoms with E-state index < -0.39 is 52.1 Å². The average Bonchev–Trinajstić information content (AvgIpc) is 1.51. The van der Waals surface area contributed by atoms with Crippen LogP contribution in [0.2, 0.25) is 0 Å². The van der Waals surface area contributed by atoms with E-state index in [4.69, 9.17) is 16.4 Å². The molecule has 5 unspecified atom stereocenters. The Morgan fingerprint density at radius 2 is 0.465 bits per heavy atom. The number of allylic oxidation sites excluding steroid dienone is 10. The van der Waals surface area contributed by atoms with E-state index >= 15 is 0 Å². The third-order valence-corrected chi connectivity index (χ3v) is 32.8. The van der Waals surface area contributed by atoms with Crippen LogP contribution in [0.3, 0.4) is 0 Å². The first-order valence-electron chi connectivity index (χ1n) is 55.8. The lowest BCUT2D eigenvalue weighted by Gasteiger charge is -2.43. The summed E-state index contributed by atoms with van der Waals surface area (Å²) in [6.07, 6.45) is 44.0. The van der Waals surface area contributed by atoms with Gasteiger partial charge in [-0.3, -0.25) is 0 Å². The Hall–Kier alpha value is -7.98. The fourth-order valence-corrected chi connectivity index (χ4v) is 26.5. The monoisotopic (exact) mass is 1760 g/mol. The second kappa shape index (κ2) is 45.2. The lowest BCUT2D eigenvalue weighted by atomic mass is 9.60. The van der Waals surface area contributed by atoms with E-state index in [0.29, 0.717) is 42.2 Å². The van der Waals surface area contributed by atoms with Gasteiger partial charge in [0.05, 0.1) is 5.70 Å².